The van der Waals surface area contributed by atoms with Crippen LogP contribution in [0, 0.1) is 0 Å². The summed E-state index contributed by atoms with van der Waals surface area (Å²) in [5, 5.41) is 6.54. The molecule has 0 bridgehead atoms. The number of carbonyl (C=O) groups excluding carboxylic acids is 1. The Labute approximate surface area is 151 Å². The van der Waals surface area contributed by atoms with Crippen LogP contribution in [-0.2, 0) is 0 Å². The monoisotopic (exact) mass is 351 g/mol. The molecule has 1 atom stereocenters. The van der Waals surface area contributed by atoms with E-state index in [0.717, 1.165) is 5.69 Å². The van der Waals surface area contributed by atoms with Crippen LogP contribution < -0.4 is 10.6 Å². The smallest absolute Gasteiger partial charge is 0.258 e. The molecule has 0 spiro atoms. The molecule has 1 heterocycles. The van der Waals surface area contributed by atoms with E-state index in [0.29, 0.717) is 16.4 Å². The highest BCUT2D eigenvalue weighted by molar-refractivity contribution is 6.34. The van der Waals surface area contributed by atoms with E-state index >= 15 is 0 Å². The van der Waals surface area contributed by atoms with Gasteiger partial charge < -0.3 is 10.6 Å². The molecular formula is C20H18ClN3O. The number of benzene rings is 2. The van der Waals surface area contributed by atoms with Crippen LogP contribution in [-0.4, -0.2) is 10.9 Å². The molecule has 0 saturated carbocycles. The first-order valence-corrected chi connectivity index (χ1v) is 8.34. The fourth-order valence-electron chi connectivity index (χ4n) is 2.46. The molecule has 0 aliphatic rings. The van der Waals surface area contributed by atoms with Gasteiger partial charge in [0.25, 0.3) is 5.91 Å². The van der Waals surface area contributed by atoms with E-state index in [2.05, 4.69) is 34.7 Å². The highest BCUT2D eigenvalue weighted by atomic mass is 35.5. The van der Waals surface area contributed by atoms with Gasteiger partial charge in [-0.2, -0.15) is 0 Å². The summed E-state index contributed by atoms with van der Waals surface area (Å²) >= 11 is 6.03. The van der Waals surface area contributed by atoms with Crippen molar-refractivity contribution in [2.24, 2.45) is 0 Å². The Balaban J connectivity index is 1.64. The second-order valence-corrected chi connectivity index (χ2v) is 6.05. The minimum absolute atomic E-state index is 0.159. The quantitative estimate of drug-likeness (QED) is 0.667. The molecule has 0 aliphatic heterocycles. The zero-order chi connectivity index (χ0) is 17.6. The Morgan fingerprint density at radius 3 is 2.40 bits per heavy atom. The van der Waals surface area contributed by atoms with Crippen molar-refractivity contribution < 1.29 is 4.79 Å². The number of pyridine rings is 1. The minimum atomic E-state index is -0.281. The summed E-state index contributed by atoms with van der Waals surface area (Å²) in [6.45, 7) is 2.09. The molecule has 0 fully saturated rings. The number of amides is 1. The molecule has 5 heteroatoms. The van der Waals surface area contributed by atoms with Crippen molar-refractivity contribution in [3.8, 4) is 0 Å². The van der Waals surface area contributed by atoms with Crippen molar-refractivity contribution in [1.29, 1.82) is 0 Å². The van der Waals surface area contributed by atoms with Crippen LogP contribution in [0.3, 0.4) is 0 Å². The SMILES string of the molecule is CC(Nc1ccc(NC(=O)c2ccccc2Cl)nc1)c1ccccc1. The molecule has 1 amide bonds. The molecule has 0 aliphatic carbocycles. The maximum atomic E-state index is 12.2. The van der Waals surface area contributed by atoms with Crippen LogP contribution in [0.5, 0.6) is 0 Å². The van der Waals surface area contributed by atoms with Crippen molar-refractivity contribution in [3.63, 3.8) is 0 Å². The number of halogens is 1. The van der Waals surface area contributed by atoms with E-state index in [9.17, 15) is 4.79 Å². The summed E-state index contributed by atoms with van der Waals surface area (Å²) in [6, 6.07) is 20.9. The van der Waals surface area contributed by atoms with Crippen molar-refractivity contribution in [2.75, 3.05) is 10.6 Å². The van der Waals surface area contributed by atoms with E-state index in [4.69, 9.17) is 11.6 Å². The highest BCUT2D eigenvalue weighted by Crippen LogP contribution is 2.20. The molecule has 25 heavy (non-hydrogen) atoms. The number of nitrogens with one attached hydrogen (secondary N) is 2. The molecule has 1 unspecified atom stereocenters. The Morgan fingerprint density at radius 2 is 1.72 bits per heavy atom. The average molecular weight is 352 g/mol. The lowest BCUT2D eigenvalue weighted by molar-refractivity contribution is 0.102. The summed E-state index contributed by atoms with van der Waals surface area (Å²) in [6.07, 6.45) is 1.70. The topological polar surface area (TPSA) is 54.0 Å². The van der Waals surface area contributed by atoms with Gasteiger partial charge in [-0.05, 0) is 36.8 Å². The number of aromatic nitrogens is 1. The molecular weight excluding hydrogens is 334 g/mol. The first-order chi connectivity index (χ1) is 12.1. The average Bonchev–Trinajstić information content (AvgIpc) is 2.64. The van der Waals surface area contributed by atoms with E-state index in [-0.39, 0.29) is 11.9 Å². The lowest BCUT2D eigenvalue weighted by atomic mass is 10.1. The molecule has 4 nitrogen and oxygen atoms in total. The molecule has 0 radical (unpaired) electrons. The van der Waals surface area contributed by atoms with Crippen LogP contribution in [0.2, 0.25) is 5.02 Å². The largest absolute Gasteiger partial charge is 0.377 e. The van der Waals surface area contributed by atoms with Crippen molar-refractivity contribution >= 4 is 29.0 Å². The van der Waals surface area contributed by atoms with E-state index < -0.39 is 0 Å². The van der Waals surface area contributed by atoms with Crippen molar-refractivity contribution in [3.05, 3.63) is 89.1 Å². The zero-order valence-corrected chi connectivity index (χ0v) is 14.5. The Hall–Kier alpha value is -2.85. The minimum Gasteiger partial charge on any atom is -0.377 e. The van der Waals surface area contributed by atoms with E-state index in [1.165, 1.54) is 5.56 Å². The maximum Gasteiger partial charge on any atom is 0.258 e. The Morgan fingerprint density at radius 1 is 1.00 bits per heavy atom. The first-order valence-electron chi connectivity index (χ1n) is 7.97. The Kier molecular flexibility index (Phi) is 5.31. The van der Waals surface area contributed by atoms with E-state index in [1.807, 2.05) is 24.3 Å². The molecule has 0 saturated heterocycles. The second-order valence-electron chi connectivity index (χ2n) is 5.64. The number of carbonyl (C=O) groups is 1. The molecule has 3 rings (SSSR count). The molecule has 2 N–H and O–H groups in total. The number of hydrogen-bond acceptors (Lipinski definition) is 3. The van der Waals surface area contributed by atoms with Crippen molar-refractivity contribution in [1.82, 2.24) is 4.98 Å². The number of anilines is 2. The van der Waals surface area contributed by atoms with Gasteiger partial charge in [0.1, 0.15) is 5.82 Å². The normalized spacial score (nSPS) is 11.6. The predicted octanol–water partition coefficient (Wildman–Crippen LogP) is 5.16. The lowest BCUT2D eigenvalue weighted by Crippen LogP contribution is -2.13. The third kappa shape index (κ3) is 4.37. The number of nitrogens with zero attached hydrogens (tertiary/aromatic N) is 1. The summed E-state index contributed by atoms with van der Waals surface area (Å²) in [5.41, 5.74) is 2.50. The maximum absolute atomic E-state index is 12.2. The van der Waals surface area contributed by atoms with Crippen LogP contribution >= 0.6 is 11.6 Å². The zero-order valence-electron chi connectivity index (χ0n) is 13.7. The van der Waals surface area contributed by atoms with Crippen molar-refractivity contribution in [2.45, 2.75) is 13.0 Å². The lowest BCUT2D eigenvalue weighted by Gasteiger charge is -2.15. The predicted molar refractivity (Wildman–Crippen MR) is 102 cm³/mol. The first kappa shape index (κ1) is 17.0. The van der Waals surface area contributed by atoms with Gasteiger partial charge in [-0.25, -0.2) is 4.98 Å². The summed E-state index contributed by atoms with van der Waals surface area (Å²) in [5.74, 6) is 0.194. The van der Waals surface area contributed by atoms with Gasteiger partial charge in [0, 0.05) is 6.04 Å². The third-order valence-corrected chi connectivity index (χ3v) is 4.14. The van der Waals surface area contributed by atoms with Crippen LogP contribution in [0.1, 0.15) is 28.9 Å². The standard InChI is InChI=1S/C20H18ClN3O/c1-14(15-7-3-2-4-8-15)23-16-11-12-19(22-13-16)24-20(25)17-9-5-6-10-18(17)21/h2-14,23H,1H3,(H,22,24,25). The van der Waals surface area contributed by atoms with Crippen LogP contribution in [0.25, 0.3) is 0 Å². The summed E-state index contributed by atoms with van der Waals surface area (Å²) in [7, 11) is 0. The van der Waals surface area contributed by atoms with Crippen LogP contribution in [0.15, 0.2) is 72.9 Å². The van der Waals surface area contributed by atoms with Gasteiger partial charge in [0.15, 0.2) is 0 Å². The fourth-order valence-corrected chi connectivity index (χ4v) is 2.68. The Bertz CT molecular complexity index is 850. The summed E-state index contributed by atoms with van der Waals surface area (Å²) in [4.78, 5) is 16.5. The number of rotatable bonds is 5. The van der Waals surface area contributed by atoms with Gasteiger partial charge in [-0.15, -0.1) is 0 Å². The second kappa shape index (κ2) is 7.81. The van der Waals surface area contributed by atoms with Gasteiger partial charge in [-0.1, -0.05) is 54.1 Å². The molecule has 2 aromatic carbocycles. The fraction of sp³-hybridized carbons (Fsp3) is 0.100. The summed E-state index contributed by atoms with van der Waals surface area (Å²) < 4.78 is 0. The van der Waals surface area contributed by atoms with Crippen LogP contribution in [0.4, 0.5) is 11.5 Å². The van der Waals surface area contributed by atoms with Gasteiger partial charge in [0.2, 0.25) is 0 Å². The van der Waals surface area contributed by atoms with E-state index in [1.54, 1.807) is 36.5 Å². The van der Waals surface area contributed by atoms with Gasteiger partial charge >= 0.3 is 0 Å². The number of hydrogen-bond donors (Lipinski definition) is 2. The molecule has 1 aromatic heterocycles. The van der Waals surface area contributed by atoms with Gasteiger partial charge in [0.05, 0.1) is 22.5 Å². The van der Waals surface area contributed by atoms with Gasteiger partial charge in [-0.3, -0.25) is 4.79 Å². The molecule has 126 valence electrons. The molecule has 3 aromatic rings. The third-order valence-electron chi connectivity index (χ3n) is 3.81. The highest BCUT2D eigenvalue weighted by Gasteiger charge is 2.10.